The molecule has 3 aromatic carbocycles. The number of rotatable bonds is 5. The van der Waals surface area contributed by atoms with Crippen LogP contribution >= 0.6 is 0 Å². The van der Waals surface area contributed by atoms with Crippen LogP contribution in [-0.2, 0) is 24.5 Å². The normalized spacial score (nSPS) is 18.7. The highest BCUT2D eigenvalue weighted by atomic mass is 16.5. The average Bonchev–Trinajstić information content (AvgIpc) is 3.16. The van der Waals surface area contributed by atoms with Gasteiger partial charge in [0.15, 0.2) is 5.78 Å². The van der Waals surface area contributed by atoms with Crippen LogP contribution in [0.2, 0.25) is 0 Å². The Morgan fingerprint density at radius 3 is 2.23 bits per heavy atom. The summed E-state index contributed by atoms with van der Waals surface area (Å²) in [4.78, 5) is 41.5. The fourth-order valence-electron chi connectivity index (χ4n) is 4.70. The number of ether oxygens (including phenoxy) is 2. The summed E-state index contributed by atoms with van der Waals surface area (Å²) < 4.78 is 11.3. The second-order valence-electron chi connectivity index (χ2n) is 8.08. The van der Waals surface area contributed by atoms with Gasteiger partial charge in [0.2, 0.25) is 11.8 Å². The minimum Gasteiger partial charge on any atom is -0.462 e. The minimum absolute atomic E-state index is 0.00500. The highest BCUT2D eigenvalue weighted by Gasteiger charge is 2.61. The molecular weight excluding hydrogens is 444 g/mol. The van der Waals surface area contributed by atoms with Gasteiger partial charge in [0.1, 0.15) is 16.7 Å². The van der Waals surface area contributed by atoms with Crippen LogP contribution < -0.4 is 11.1 Å². The fraction of sp³-hybridized carbons (Fsp3) is 0.107. The molecule has 2 aliphatic rings. The van der Waals surface area contributed by atoms with E-state index < -0.39 is 23.1 Å². The van der Waals surface area contributed by atoms with Crippen LogP contribution in [0.5, 0.6) is 0 Å². The van der Waals surface area contributed by atoms with Crippen molar-refractivity contribution in [2.45, 2.75) is 12.3 Å². The van der Waals surface area contributed by atoms with Gasteiger partial charge < -0.3 is 20.5 Å². The minimum atomic E-state index is -1.87. The second kappa shape index (κ2) is 8.61. The van der Waals surface area contributed by atoms with Gasteiger partial charge in [-0.05, 0) is 13.0 Å². The van der Waals surface area contributed by atoms with Gasteiger partial charge >= 0.3 is 5.97 Å². The Kier molecular flexibility index (Phi) is 5.45. The molecule has 2 aliphatic heterocycles. The number of fused-ring (bicyclic) bond motifs is 2. The first-order valence-electron chi connectivity index (χ1n) is 11.2. The Hall–Kier alpha value is -4.65. The van der Waals surface area contributed by atoms with E-state index >= 15 is 0 Å². The molecule has 174 valence electrons. The lowest BCUT2D eigenvalue weighted by atomic mass is 9.65. The van der Waals surface area contributed by atoms with Crippen LogP contribution in [0.3, 0.4) is 0 Å². The number of esters is 1. The van der Waals surface area contributed by atoms with Crippen LogP contribution in [0.1, 0.15) is 28.4 Å². The highest BCUT2D eigenvalue weighted by molar-refractivity contribution is 6.27. The first-order chi connectivity index (χ1) is 17.0. The molecule has 7 nitrogen and oxygen atoms in total. The molecule has 1 spiro atoms. The average molecular weight is 466 g/mol. The third-order valence-corrected chi connectivity index (χ3v) is 6.13. The van der Waals surface area contributed by atoms with E-state index in [1.807, 2.05) is 6.07 Å². The van der Waals surface area contributed by atoms with Crippen molar-refractivity contribution in [2.75, 3.05) is 11.9 Å². The molecule has 0 saturated carbocycles. The number of nitrogens with one attached hydrogen (secondary N) is 1. The quantitative estimate of drug-likeness (QED) is 0.436. The molecule has 0 aromatic heterocycles. The van der Waals surface area contributed by atoms with E-state index in [1.165, 1.54) is 0 Å². The lowest BCUT2D eigenvalue weighted by molar-refractivity contribution is -0.140. The van der Waals surface area contributed by atoms with Crippen molar-refractivity contribution < 1.29 is 23.9 Å². The summed E-state index contributed by atoms with van der Waals surface area (Å²) in [5, 5.41) is 2.84. The lowest BCUT2D eigenvalue weighted by Gasteiger charge is -2.36. The van der Waals surface area contributed by atoms with Crippen LogP contribution in [0.25, 0.3) is 5.76 Å². The Morgan fingerprint density at radius 1 is 0.914 bits per heavy atom. The number of nitrogens with two attached hydrogens (primary N) is 1. The van der Waals surface area contributed by atoms with Crippen molar-refractivity contribution in [1.82, 2.24) is 0 Å². The molecule has 5 rings (SSSR count). The molecule has 1 unspecified atom stereocenters. The highest BCUT2D eigenvalue weighted by Crippen LogP contribution is 2.54. The van der Waals surface area contributed by atoms with Crippen molar-refractivity contribution in [3.05, 3.63) is 119 Å². The van der Waals surface area contributed by atoms with E-state index in [2.05, 4.69) is 5.32 Å². The summed E-state index contributed by atoms with van der Waals surface area (Å²) in [6.07, 6.45) is 0. The van der Waals surface area contributed by atoms with E-state index in [9.17, 15) is 14.4 Å². The summed E-state index contributed by atoms with van der Waals surface area (Å²) >= 11 is 0. The number of carbonyl (C=O) groups excluding carboxylic acids is 3. The zero-order valence-corrected chi connectivity index (χ0v) is 18.9. The molecule has 0 radical (unpaired) electrons. The Labute approximate surface area is 201 Å². The van der Waals surface area contributed by atoms with Gasteiger partial charge in [-0.15, -0.1) is 0 Å². The zero-order valence-electron chi connectivity index (χ0n) is 18.9. The first kappa shape index (κ1) is 22.2. The summed E-state index contributed by atoms with van der Waals surface area (Å²) in [6.45, 7) is 1.70. The molecule has 2 heterocycles. The summed E-state index contributed by atoms with van der Waals surface area (Å²) in [5.41, 5.74) is 6.01. The number of para-hydroxylation sites is 1. The van der Waals surface area contributed by atoms with Gasteiger partial charge in [0, 0.05) is 22.4 Å². The topological polar surface area (TPSA) is 108 Å². The summed E-state index contributed by atoms with van der Waals surface area (Å²) in [6, 6.07) is 24.3. The van der Waals surface area contributed by atoms with Crippen molar-refractivity contribution in [1.29, 1.82) is 0 Å². The molecule has 35 heavy (non-hydrogen) atoms. The molecule has 3 aromatic rings. The maximum atomic E-state index is 14.2. The van der Waals surface area contributed by atoms with Gasteiger partial charge in [0.25, 0.3) is 0 Å². The van der Waals surface area contributed by atoms with Crippen LogP contribution in [0.15, 0.2) is 102 Å². The lowest BCUT2D eigenvalue weighted by Crippen LogP contribution is -2.48. The van der Waals surface area contributed by atoms with E-state index in [0.717, 1.165) is 0 Å². The number of Topliss-reactive ketones (excluding diaryl/α,β-unsaturated/α-hetero) is 1. The van der Waals surface area contributed by atoms with E-state index in [-0.39, 0.29) is 29.4 Å². The first-order valence-corrected chi connectivity index (χ1v) is 11.2. The van der Waals surface area contributed by atoms with Crippen molar-refractivity contribution in [3.8, 4) is 0 Å². The summed E-state index contributed by atoms with van der Waals surface area (Å²) in [7, 11) is 0. The van der Waals surface area contributed by atoms with Crippen LogP contribution in [-0.4, -0.2) is 24.3 Å². The molecule has 0 aliphatic carbocycles. The van der Waals surface area contributed by atoms with Gasteiger partial charge in [-0.1, -0.05) is 78.9 Å². The maximum absolute atomic E-state index is 14.2. The SMILES string of the molecule is CCOC(=O)C1=C(N)OC(c2ccccc2)=C(C(=O)c2ccccc2)C12C(=O)Nc1ccccc12. The largest absolute Gasteiger partial charge is 0.462 e. The predicted octanol–water partition coefficient (Wildman–Crippen LogP) is 3.93. The molecular formula is C28H22N2O5. The van der Waals surface area contributed by atoms with Crippen LogP contribution in [0.4, 0.5) is 5.69 Å². The molecule has 3 N–H and O–H groups in total. The zero-order chi connectivity index (χ0) is 24.6. The van der Waals surface area contributed by atoms with Gasteiger partial charge in [-0.25, -0.2) is 4.79 Å². The van der Waals surface area contributed by atoms with Crippen molar-refractivity contribution in [2.24, 2.45) is 5.73 Å². The Bertz CT molecular complexity index is 1410. The third kappa shape index (κ3) is 3.32. The second-order valence-corrected chi connectivity index (χ2v) is 8.08. The molecule has 0 fully saturated rings. The number of ketones is 1. The monoisotopic (exact) mass is 466 g/mol. The van der Waals surface area contributed by atoms with Crippen molar-refractivity contribution >= 4 is 29.1 Å². The maximum Gasteiger partial charge on any atom is 0.341 e. The van der Waals surface area contributed by atoms with E-state index in [1.54, 1.807) is 85.8 Å². The number of amides is 1. The fourth-order valence-corrected chi connectivity index (χ4v) is 4.70. The number of hydrogen-bond donors (Lipinski definition) is 2. The third-order valence-electron chi connectivity index (χ3n) is 6.13. The molecule has 0 bridgehead atoms. The summed E-state index contributed by atoms with van der Waals surface area (Å²) in [5.74, 6) is -2.07. The number of benzene rings is 3. The molecule has 0 saturated heterocycles. The van der Waals surface area contributed by atoms with E-state index in [0.29, 0.717) is 22.4 Å². The molecule has 1 amide bonds. The molecule has 1 atom stereocenters. The smallest absolute Gasteiger partial charge is 0.341 e. The van der Waals surface area contributed by atoms with Crippen molar-refractivity contribution in [3.63, 3.8) is 0 Å². The Morgan fingerprint density at radius 2 is 1.54 bits per heavy atom. The number of hydrogen-bond acceptors (Lipinski definition) is 6. The van der Waals surface area contributed by atoms with Gasteiger partial charge in [-0.3, -0.25) is 9.59 Å². The molecule has 7 heteroatoms. The standard InChI is InChI=1S/C28H22N2O5/c1-2-34-26(32)22-25(29)35-24(18-13-7-4-8-14-18)21(23(31)17-11-5-3-6-12-17)28(22)19-15-9-10-16-20(19)30-27(28)33/h3-16H,2,29H2,1H3,(H,30,33). The number of anilines is 1. The van der Waals surface area contributed by atoms with E-state index in [4.69, 9.17) is 15.2 Å². The van der Waals surface area contributed by atoms with Gasteiger partial charge in [0.05, 0.1) is 12.2 Å². The number of carbonyl (C=O) groups is 3. The van der Waals surface area contributed by atoms with Crippen LogP contribution in [0, 0.1) is 0 Å². The van der Waals surface area contributed by atoms with Gasteiger partial charge in [-0.2, -0.15) is 0 Å². The Balaban J connectivity index is 1.91. The predicted molar refractivity (Wildman–Crippen MR) is 130 cm³/mol.